The Bertz CT molecular complexity index is 1580. The van der Waals surface area contributed by atoms with Crippen LogP contribution in [0.15, 0.2) is 30.5 Å². The first kappa shape index (κ1) is 32.8. The predicted octanol–water partition coefficient (Wildman–Crippen LogP) is 4.21. The maximum atomic E-state index is 13.9. The molecule has 0 bridgehead atoms. The fraction of sp³-hybridized carbons (Fsp3) is 0.645. The Kier molecular flexibility index (Phi) is 8.64. The van der Waals surface area contributed by atoms with Crippen LogP contribution in [0.4, 0.5) is 29.5 Å². The molecular formula is C31H42F3N7O4S. The summed E-state index contributed by atoms with van der Waals surface area (Å²) in [7, 11) is -3.28. The number of benzene rings is 1. The third kappa shape index (κ3) is 6.63. The van der Waals surface area contributed by atoms with Gasteiger partial charge in [0.15, 0.2) is 5.82 Å². The lowest BCUT2D eigenvalue weighted by atomic mass is 9.77. The van der Waals surface area contributed by atoms with Crippen LogP contribution < -0.4 is 10.2 Å². The number of hydrogen-bond donors (Lipinski definition) is 1. The largest absolute Gasteiger partial charge is 0.416 e. The number of carbonyl (C=O) groups excluding carboxylic acids is 2. The lowest BCUT2D eigenvalue weighted by Crippen LogP contribution is -2.53. The van der Waals surface area contributed by atoms with Gasteiger partial charge in [-0.3, -0.25) is 9.69 Å². The van der Waals surface area contributed by atoms with Gasteiger partial charge in [-0.25, -0.2) is 17.5 Å². The highest BCUT2D eigenvalue weighted by Crippen LogP contribution is 2.45. The number of sulfonamides is 1. The minimum atomic E-state index is -4.46. The molecule has 1 aromatic carbocycles. The fourth-order valence-electron chi connectivity index (χ4n) is 7.92. The van der Waals surface area contributed by atoms with Crippen LogP contribution in [0.5, 0.6) is 0 Å². The summed E-state index contributed by atoms with van der Waals surface area (Å²) in [6.45, 7) is 5.90. The summed E-state index contributed by atoms with van der Waals surface area (Å²) in [6.07, 6.45) is 3.97. The van der Waals surface area contributed by atoms with Crippen LogP contribution in [0, 0.1) is 5.41 Å². The Balaban J connectivity index is 1.15. The summed E-state index contributed by atoms with van der Waals surface area (Å²) >= 11 is 0. The van der Waals surface area contributed by atoms with E-state index in [0.29, 0.717) is 57.3 Å². The Labute approximate surface area is 267 Å². The van der Waals surface area contributed by atoms with Crippen molar-refractivity contribution < 1.29 is 31.2 Å². The number of nitrogens with one attached hydrogen (secondary N) is 1. The Morgan fingerprint density at radius 1 is 0.957 bits per heavy atom. The van der Waals surface area contributed by atoms with Gasteiger partial charge in [-0.2, -0.15) is 17.9 Å². The molecule has 4 fully saturated rings. The molecule has 2 spiro atoms. The first-order valence-corrected chi connectivity index (χ1v) is 17.8. The summed E-state index contributed by atoms with van der Waals surface area (Å²) in [5.41, 5.74) is 0.514. The molecule has 4 saturated heterocycles. The topological polar surface area (TPSA) is 111 Å². The second kappa shape index (κ2) is 12.1. The molecule has 0 unspecified atom stereocenters. The molecule has 0 saturated carbocycles. The van der Waals surface area contributed by atoms with E-state index in [-0.39, 0.29) is 22.9 Å². The van der Waals surface area contributed by atoms with Crippen LogP contribution in [0.2, 0.25) is 0 Å². The molecule has 2 amide bonds. The SMILES string of the molecule is CC(=O)Nc1ccn(C(=O)N2CCC3(CCCN3Cc3ccc(C(F)(F)F)cc3N3CCC4(CC3)CCN(S(C)(=O)=O)C4)CC2)n1. The molecule has 0 aliphatic carbocycles. The van der Waals surface area contributed by atoms with E-state index in [4.69, 9.17) is 0 Å². The quantitative estimate of drug-likeness (QED) is 0.510. The van der Waals surface area contributed by atoms with E-state index in [9.17, 15) is 31.2 Å². The molecule has 46 heavy (non-hydrogen) atoms. The number of nitrogens with zero attached hydrogens (tertiary/aromatic N) is 6. The maximum Gasteiger partial charge on any atom is 0.416 e. The highest BCUT2D eigenvalue weighted by Gasteiger charge is 2.46. The number of carbonyl (C=O) groups is 2. The zero-order valence-corrected chi connectivity index (χ0v) is 27.2. The lowest BCUT2D eigenvalue weighted by molar-refractivity contribution is -0.137. The van der Waals surface area contributed by atoms with E-state index in [1.807, 2.05) is 0 Å². The molecule has 15 heteroatoms. The molecule has 4 aliphatic rings. The molecule has 4 aliphatic heterocycles. The number of amides is 2. The number of likely N-dealkylation sites (tertiary alicyclic amines) is 2. The van der Waals surface area contributed by atoms with E-state index in [1.165, 1.54) is 40.5 Å². The summed E-state index contributed by atoms with van der Waals surface area (Å²) < 4.78 is 68.7. The van der Waals surface area contributed by atoms with E-state index in [0.717, 1.165) is 57.1 Å². The Hall–Kier alpha value is -3.17. The van der Waals surface area contributed by atoms with Gasteiger partial charge in [-0.15, -0.1) is 5.10 Å². The standard InChI is InChI=1S/C31H42F3N7O4S/c1-23(42)35-27-6-14-41(36-27)28(43)38-17-11-30(12-18-38)7-3-13-39(30)21-24-4-5-25(31(32,33)34)20-26(24)37-15-8-29(9-16-37)10-19-40(22-29)46(2,44)45/h4-6,14,20H,3,7-13,15-19,21-22H2,1-2H3,(H,35,36,42). The van der Waals surface area contributed by atoms with Crippen LogP contribution in [-0.2, 0) is 27.5 Å². The molecule has 1 N–H and O–H groups in total. The van der Waals surface area contributed by atoms with E-state index in [2.05, 4.69) is 20.2 Å². The van der Waals surface area contributed by atoms with Gasteiger partial charge in [0.2, 0.25) is 15.9 Å². The zero-order valence-electron chi connectivity index (χ0n) is 26.4. The summed E-state index contributed by atoms with van der Waals surface area (Å²) in [6, 6.07) is 5.40. The zero-order chi connectivity index (χ0) is 32.9. The van der Waals surface area contributed by atoms with Crippen LogP contribution in [0.3, 0.4) is 0 Å². The maximum absolute atomic E-state index is 13.9. The number of aromatic nitrogens is 2. The van der Waals surface area contributed by atoms with Crippen LogP contribution in [0.25, 0.3) is 0 Å². The molecular weight excluding hydrogens is 623 g/mol. The summed E-state index contributed by atoms with van der Waals surface area (Å²) in [5.74, 6) is 0.0423. The summed E-state index contributed by atoms with van der Waals surface area (Å²) in [5, 5.41) is 6.74. The molecule has 5 heterocycles. The van der Waals surface area contributed by atoms with Gasteiger partial charge in [0.25, 0.3) is 0 Å². The van der Waals surface area contributed by atoms with Gasteiger partial charge in [0.05, 0.1) is 11.8 Å². The van der Waals surface area contributed by atoms with Crippen molar-refractivity contribution in [3.8, 4) is 0 Å². The molecule has 0 radical (unpaired) electrons. The first-order valence-electron chi connectivity index (χ1n) is 15.9. The highest BCUT2D eigenvalue weighted by molar-refractivity contribution is 7.88. The van der Waals surface area contributed by atoms with Crippen molar-refractivity contribution in [3.05, 3.63) is 41.6 Å². The first-order chi connectivity index (χ1) is 21.7. The van der Waals surface area contributed by atoms with E-state index in [1.54, 1.807) is 17.0 Å². The average Bonchev–Trinajstić information content (AvgIpc) is 3.73. The van der Waals surface area contributed by atoms with Gasteiger partial charge < -0.3 is 15.1 Å². The molecule has 1 aromatic heterocycles. The van der Waals surface area contributed by atoms with E-state index >= 15 is 0 Å². The number of alkyl halides is 3. The second-order valence-corrected chi connectivity index (χ2v) is 15.5. The van der Waals surface area contributed by atoms with Crippen molar-refractivity contribution in [2.45, 2.75) is 70.1 Å². The minimum Gasteiger partial charge on any atom is -0.371 e. The lowest BCUT2D eigenvalue weighted by Gasteiger charge is -2.45. The van der Waals surface area contributed by atoms with Gasteiger partial charge in [0.1, 0.15) is 0 Å². The van der Waals surface area contributed by atoms with Crippen LogP contribution in [0.1, 0.15) is 63.0 Å². The number of halogens is 3. The Morgan fingerprint density at radius 2 is 1.65 bits per heavy atom. The van der Waals surface area contributed by atoms with Crippen molar-refractivity contribution in [1.82, 2.24) is 23.9 Å². The van der Waals surface area contributed by atoms with Crippen molar-refractivity contribution in [3.63, 3.8) is 0 Å². The number of rotatable bonds is 5. The molecule has 6 rings (SSSR count). The fourth-order valence-corrected chi connectivity index (χ4v) is 8.86. The minimum absolute atomic E-state index is 0.131. The Morgan fingerprint density at radius 3 is 2.28 bits per heavy atom. The molecule has 11 nitrogen and oxygen atoms in total. The molecule has 252 valence electrons. The number of hydrogen-bond acceptors (Lipinski definition) is 7. The predicted molar refractivity (Wildman–Crippen MR) is 167 cm³/mol. The third-order valence-electron chi connectivity index (χ3n) is 10.6. The van der Waals surface area contributed by atoms with Gasteiger partial charge in [0, 0.05) is 76.2 Å². The molecule has 0 atom stereocenters. The van der Waals surface area contributed by atoms with Crippen molar-refractivity contribution in [2.24, 2.45) is 5.41 Å². The summed E-state index contributed by atoms with van der Waals surface area (Å²) in [4.78, 5) is 30.7. The second-order valence-electron chi connectivity index (χ2n) is 13.5. The van der Waals surface area contributed by atoms with Gasteiger partial charge in [-0.05, 0) is 74.6 Å². The van der Waals surface area contributed by atoms with Crippen molar-refractivity contribution in [2.75, 3.05) is 62.3 Å². The highest BCUT2D eigenvalue weighted by atomic mass is 32.2. The third-order valence-corrected chi connectivity index (χ3v) is 11.9. The van der Waals surface area contributed by atoms with Gasteiger partial charge in [-0.1, -0.05) is 6.07 Å². The van der Waals surface area contributed by atoms with Crippen molar-refractivity contribution in [1.29, 1.82) is 0 Å². The van der Waals surface area contributed by atoms with Crippen molar-refractivity contribution >= 4 is 33.5 Å². The number of piperidine rings is 2. The van der Waals surface area contributed by atoms with Crippen LogP contribution >= 0.6 is 0 Å². The van der Waals surface area contributed by atoms with Crippen LogP contribution in [-0.4, -0.2) is 102 Å². The number of anilines is 2. The molecule has 2 aromatic rings. The normalized spacial score (nSPS) is 22.2. The smallest absolute Gasteiger partial charge is 0.371 e. The average molecular weight is 666 g/mol. The monoisotopic (exact) mass is 665 g/mol. The van der Waals surface area contributed by atoms with Gasteiger partial charge >= 0.3 is 12.2 Å². The van der Waals surface area contributed by atoms with E-state index < -0.39 is 21.8 Å².